The van der Waals surface area contributed by atoms with Gasteiger partial charge in [-0.1, -0.05) is 0 Å². The fraction of sp³-hybridized carbons (Fsp3) is 0.455. The molecular weight excluding hydrogens is 286 g/mol. The Kier molecular flexibility index (Phi) is 4.74. The van der Waals surface area contributed by atoms with E-state index in [2.05, 4.69) is 9.72 Å². The lowest BCUT2D eigenvalue weighted by Crippen LogP contribution is -2.32. The molecule has 0 N–H and O–H groups in total. The number of rotatable bonds is 6. The third-order valence-corrected chi connectivity index (χ3v) is 2.51. The van der Waals surface area contributed by atoms with E-state index in [1.165, 1.54) is 21.0 Å². The normalized spacial score (nSPS) is 10.8. The molecule has 0 unspecified atom stereocenters. The lowest BCUT2D eigenvalue weighted by molar-refractivity contribution is -0.403. The minimum absolute atomic E-state index is 0.208. The second-order valence-corrected chi connectivity index (χ2v) is 4.67. The van der Waals surface area contributed by atoms with E-state index in [9.17, 15) is 25.0 Å². The molecule has 1 aromatic heterocycles. The summed E-state index contributed by atoms with van der Waals surface area (Å²) in [7, 11) is 1.21. The van der Waals surface area contributed by atoms with Gasteiger partial charge in [0.1, 0.15) is 6.61 Å². The van der Waals surface area contributed by atoms with Gasteiger partial charge in [0.15, 0.2) is 0 Å². The summed E-state index contributed by atoms with van der Waals surface area (Å²) in [5, 5.41) is 21.4. The molecule has 1 aromatic rings. The number of hydrogen-bond donors (Lipinski definition) is 0. The van der Waals surface area contributed by atoms with Crippen molar-refractivity contribution in [1.29, 1.82) is 0 Å². The molecule has 0 aliphatic carbocycles. The molecule has 1 heterocycles. The van der Waals surface area contributed by atoms with Crippen molar-refractivity contribution in [2.75, 3.05) is 13.7 Å². The highest BCUT2D eigenvalue weighted by atomic mass is 16.6. The second-order valence-electron chi connectivity index (χ2n) is 4.67. The molecule has 0 bridgehead atoms. The first-order valence-corrected chi connectivity index (χ1v) is 5.70. The van der Waals surface area contributed by atoms with Gasteiger partial charge in [-0.25, -0.2) is 0 Å². The van der Waals surface area contributed by atoms with Gasteiger partial charge < -0.3 is 29.7 Å². The number of nitro groups is 2. The summed E-state index contributed by atoms with van der Waals surface area (Å²) >= 11 is 0. The van der Waals surface area contributed by atoms with Gasteiger partial charge in [-0.3, -0.25) is 4.79 Å². The third-order valence-electron chi connectivity index (χ3n) is 2.51. The zero-order valence-electron chi connectivity index (χ0n) is 11.6. The van der Waals surface area contributed by atoms with Gasteiger partial charge >= 0.3 is 17.6 Å². The minimum Gasteiger partial charge on any atom is -0.484 e. The predicted octanol–water partition coefficient (Wildman–Crippen LogP) is 1.48. The zero-order chi connectivity index (χ0) is 16.2. The molecule has 0 aromatic carbocycles. The number of esters is 1. The maximum absolute atomic E-state index is 11.5. The monoisotopic (exact) mass is 299 g/mol. The molecule has 0 aliphatic rings. The average Bonchev–Trinajstić information content (AvgIpc) is 2.43. The molecule has 21 heavy (non-hydrogen) atoms. The van der Waals surface area contributed by atoms with Crippen LogP contribution in [0.3, 0.4) is 0 Å². The SMILES string of the molecule is COC(=O)C(C)(C)COc1ccc([N+](=O)[O-])nc1[N+](=O)[O-]. The summed E-state index contributed by atoms with van der Waals surface area (Å²) in [6.45, 7) is 2.85. The fourth-order valence-corrected chi connectivity index (χ4v) is 1.36. The van der Waals surface area contributed by atoms with Gasteiger partial charge in [-0.2, -0.15) is 0 Å². The van der Waals surface area contributed by atoms with Crippen molar-refractivity contribution in [3.05, 3.63) is 32.4 Å². The van der Waals surface area contributed by atoms with Gasteiger partial charge in [0.2, 0.25) is 5.75 Å². The van der Waals surface area contributed by atoms with Crippen LogP contribution in [0.1, 0.15) is 13.8 Å². The highest BCUT2D eigenvalue weighted by Gasteiger charge is 2.31. The highest BCUT2D eigenvalue weighted by Crippen LogP contribution is 2.29. The Labute approximate surface area is 119 Å². The van der Waals surface area contributed by atoms with E-state index >= 15 is 0 Å². The molecule has 10 heteroatoms. The number of ether oxygens (including phenoxy) is 2. The van der Waals surface area contributed by atoms with Crippen LogP contribution in [0, 0.1) is 25.6 Å². The Morgan fingerprint density at radius 2 is 1.90 bits per heavy atom. The van der Waals surface area contributed by atoms with Crippen LogP contribution in [0.5, 0.6) is 5.75 Å². The molecular formula is C11H13N3O7. The summed E-state index contributed by atoms with van der Waals surface area (Å²) in [5.41, 5.74) is -1.04. The van der Waals surface area contributed by atoms with Crippen molar-refractivity contribution in [2.24, 2.45) is 5.41 Å². The van der Waals surface area contributed by atoms with Gasteiger partial charge in [-0.15, -0.1) is 0 Å². The first kappa shape index (κ1) is 16.3. The molecule has 114 valence electrons. The molecule has 0 saturated carbocycles. The van der Waals surface area contributed by atoms with E-state index in [-0.39, 0.29) is 12.4 Å². The number of carbonyl (C=O) groups is 1. The number of methoxy groups -OCH3 is 1. The molecule has 0 spiro atoms. The Balaban J connectivity index is 3.01. The van der Waals surface area contributed by atoms with Crippen LogP contribution >= 0.6 is 0 Å². The number of aromatic nitrogens is 1. The number of hydrogen-bond acceptors (Lipinski definition) is 8. The molecule has 0 aliphatic heterocycles. The number of carbonyl (C=O) groups excluding carboxylic acids is 1. The molecule has 0 saturated heterocycles. The Morgan fingerprint density at radius 3 is 2.38 bits per heavy atom. The smallest absolute Gasteiger partial charge is 0.410 e. The highest BCUT2D eigenvalue weighted by molar-refractivity contribution is 5.75. The van der Waals surface area contributed by atoms with Crippen molar-refractivity contribution in [3.8, 4) is 5.75 Å². The minimum atomic E-state index is -1.04. The summed E-state index contributed by atoms with van der Waals surface area (Å²) in [6.07, 6.45) is 0. The average molecular weight is 299 g/mol. The van der Waals surface area contributed by atoms with Crippen molar-refractivity contribution < 1.29 is 24.1 Å². The molecule has 10 nitrogen and oxygen atoms in total. The standard InChI is InChI=1S/C11H13N3O7/c1-11(2,10(15)20-3)6-21-7-4-5-8(13(16)17)12-9(7)14(18)19/h4-5H,6H2,1-3H3. The van der Waals surface area contributed by atoms with Crippen LogP contribution in [-0.2, 0) is 9.53 Å². The maximum atomic E-state index is 11.5. The van der Waals surface area contributed by atoms with Crippen LogP contribution in [-0.4, -0.2) is 34.5 Å². The Bertz CT molecular complexity index is 585. The largest absolute Gasteiger partial charge is 0.484 e. The van der Waals surface area contributed by atoms with Gasteiger partial charge in [0, 0.05) is 11.1 Å². The lowest BCUT2D eigenvalue weighted by atomic mass is 9.95. The van der Waals surface area contributed by atoms with E-state index in [1.807, 2.05) is 0 Å². The number of nitrogens with zero attached hydrogens (tertiary/aromatic N) is 3. The van der Waals surface area contributed by atoms with E-state index in [1.54, 1.807) is 0 Å². The van der Waals surface area contributed by atoms with Crippen molar-refractivity contribution in [3.63, 3.8) is 0 Å². The molecule has 0 fully saturated rings. The van der Waals surface area contributed by atoms with Crippen LogP contribution < -0.4 is 4.74 Å². The zero-order valence-corrected chi connectivity index (χ0v) is 11.6. The predicted molar refractivity (Wildman–Crippen MR) is 68.8 cm³/mol. The van der Waals surface area contributed by atoms with Crippen LogP contribution in [0.2, 0.25) is 0 Å². The maximum Gasteiger partial charge on any atom is 0.410 e. The molecule has 0 radical (unpaired) electrons. The number of pyridine rings is 1. The summed E-state index contributed by atoms with van der Waals surface area (Å²) in [4.78, 5) is 34.4. The van der Waals surface area contributed by atoms with Gasteiger partial charge in [0.25, 0.3) is 0 Å². The summed E-state index contributed by atoms with van der Waals surface area (Å²) in [5.74, 6) is -2.27. The summed E-state index contributed by atoms with van der Waals surface area (Å²) in [6, 6.07) is 2.05. The van der Waals surface area contributed by atoms with Crippen LogP contribution in [0.15, 0.2) is 12.1 Å². The third kappa shape index (κ3) is 3.84. The van der Waals surface area contributed by atoms with E-state index in [0.717, 1.165) is 12.1 Å². The first-order chi connectivity index (χ1) is 9.69. The van der Waals surface area contributed by atoms with E-state index < -0.39 is 32.9 Å². The lowest BCUT2D eigenvalue weighted by Gasteiger charge is -2.21. The van der Waals surface area contributed by atoms with Gasteiger partial charge in [0.05, 0.1) is 12.5 Å². The van der Waals surface area contributed by atoms with Crippen molar-refractivity contribution in [1.82, 2.24) is 4.98 Å². The summed E-state index contributed by atoms with van der Waals surface area (Å²) < 4.78 is 9.77. The fourth-order valence-electron chi connectivity index (χ4n) is 1.36. The van der Waals surface area contributed by atoms with Gasteiger partial charge in [-0.05, 0) is 29.8 Å². The quantitative estimate of drug-likeness (QED) is 0.437. The van der Waals surface area contributed by atoms with Crippen LogP contribution in [0.4, 0.5) is 11.6 Å². The topological polar surface area (TPSA) is 135 Å². The van der Waals surface area contributed by atoms with Crippen molar-refractivity contribution >= 4 is 17.6 Å². The second kappa shape index (κ2) is 6.11. The Hall–Kier alpha value is -2.78. The molecule has 0 amide bonds. The Morgan fingerprint density at radius 1 is 1.29 bits per heavy atom. The van der Waals surface area contributed by atoms with E-state index in [4.69, 9.17) is 4.74 Å². The molecule has 0 atom stereocenters. The molecule has 1 rings (SSSR count). The van der Waals surface area contributed by atoms with Crippen LogP contribution in [0.25, 0.3) is 0 Å². The first-order valence-electron chi connectivity index (χ1n) is 5.70. The van der Waals surface area contributed by atoms with Crippen molar-refractivity contribution in [2.45, 2.75) is 13.8 Å². The van der Waals surface area contributed by atoms with E-state index in [0.29, 0.717) is 0 Å².